The molecule has 6 nitrogen and oxygen atoms in total. The van der Waals surface area contributed by atoms with E-state index < -0.39 is 10.0 Å². The Bertz CT molecular complexity index is 785. The van der Waals surface area contributed by atoms with E-state index in [4.69, 9.17) is 0 Å². The molecule has 0 unspecified atom stereocenters. The molecular formula is C16H21N3O3S. The molecule has 1 amide bonds. The number of benzene rings is 1. The molecule has 0 bridgehead atoms. The molecule has 2 rings (SSSR count). The van der Waals surface area contributed by atoms with Gasteiger partial charge in [-0.15, -0.1) is 0 Å². The highest BCUT2D eigenvalue weighted by Crippen LogP contribution is 2.26. The van der Waals surface area contributed by atoms with Crippen LogP contribution in [-0.4, -0.2) is 38.7 Å². The maximum Gasteiger partial charge on any atom is 0.232 e. The lowest BCUT2D eigenvalue weighted by molar-refractivity contribution is -0.121. The fraction of sp³-hybridized carbons (Fsp3) is 0.375. The second-order valence-corrected chi connectivity index (χ2v) is 7.19. The Kier molecular flexibility index (Phi) is 5.54. The summed E-state index contributed by atoms with van der Waals surface area (Å²) in [5, 5.41) is 3.61. The first-order chi connectivity index (χ1) is 10.9. The van der Waals surface area contributed by atoms with Crippen molar-refractivity contribution < 1.29 is 13.2 Å². The Morgan fingerprint density at radius 1 is 1.26 bits per heavy atom. The van der Waals surface area contributed by atoms with E-state index >= 15 is 0 Å². The third-order valence-electron chi connectivity index (χ3n) is 3.39. The summed E-state index contributed by atoms with van der Waals surface area (Å²) < 4.78 is 25.6. The first kappa shape index (κ1) is 17.2. The molecule has 1 N–H and O–H groups in total. The zero-order valence-corrected chi connectivity index (χ0v) is 14.1. The normalized spacial score (nSPS) is 11.4. The lowest BCUT2D eigenvalue weighted by Crippen LogP contribution is -2.38. The standard InChI is InChI=1S/C16H21N3O3S/c1-3-6-15(20)17-11-12-19(23(2,21)22)14-9-4-7-13-8-5-10-18-16(13)14/h4-5,7-10H,3,6,11-12H2,1-2H3,(H,17,20). The van der Waals surface area contributed by atoms with Crippen molar-refractivity contribution in [3.63, 3.8) is 0 Å². The predicted octanol–water partition coefficient (Wildman–Crippen LogP) is 1.92. The molecule has 0 aliphatic heterocycles. The van der Waals surface area contributed by atoms with Crippen LogP contribution in [0.3, 0.4) is 0 Å². The van der Waals surface area contributed by atoms with E-state index in [1.807, 2.05) is 25.1 Å². The van der Waals surface area contributed by atoms with Gasteiger partial charge in [0, 0.05) is 24.5 Å². The molecule has 124 valence electrons. The first-order valence-electron chi connectivity index (χ1n) is 7.51. The minimum atomic E-state index is -3.48. The van der Waals surface area contributed by atoms with E-state index in [0.29, 0.717) is 17.6 Å². The van der Waals surface area contributed by atoms with Crippen molar-refractivity contribution in [2.75, 3.05) is 23.7 Å². The van der Waals surface area contributed by atoms with Crippen molar-refractivity contribution in [3.8, 4) is 0 Å². The summed E-state index contributed by atoms with van der Waals surface area (Å²) in [4.78, 5) is 15.8. The smallest absolute Gasteiger partial charge is 0.232 e. The summed E-state index contributed by atoms with van der Waals surface area (Å²) >= 11 is 0. The molecule has 0 radical (unpaired) electrons. The maximum atomic E-state index is 12.2. The van der Waals surface area contributed by atoms with Crippen molar-refractivity contribution >= 4 is 32.5 Å². The third-order valence-corrected chi connectivity index (χ3v) is 4.57. The van der Waals surface area contributed by atoms with Gasteiger partial charge in [-0.05, 0) is 18.6 Å². The zero-order valence-electron chi connectivity index (χ0n) is 13.3. The Labute approximate surface area is 136 Å². The number of aromatic nitrogens is 1. The van der Waals surface area contributed by atoms with E-state index in [1.165, 1.54) is 4.31 Å². The van der Waals surface area contributed by atoms with Crippen LogP contribution in [0.5, 0.6) is 0 Å². The lowest BCUT2D eigenvalue weighted by Gasteiger charge is -2.23. The van der Waals surface area contributed by atoms with Crippen LogP contribution in [0.25, 0.3) is 10.9 Å². The predicted molar refractivity (Wildman–Crippen MR) is 91.9 cm³/mol. The number of anilines is 1. The number of rotatable bonds is 7. The van der Waals surface area contributed by atoms with Gasteiger partial charge in [0.2, 0.25) is 15.9 Å². The molecule has 0 spiro atoms. The van der Waals surface area contributed by atoms with Gasteiger partial charge in [0.25, 0.3) is 0 Å². The lowest BCUT2D eigenvalue weighted by atomic mass is 10.2. The van der Waals surface area contributed by atoms with Crippen LogP contribution in [0.1, 0.15) is 19.8 Å². The molecule has 23 heavy (non-hydrogen) atoms. The number of carbonyl (C=O) groups excluding carboxylic acids is 1. The number of hydrogen-bond acceptors (Lipinski definition) is 4. The first-order valence-corrected chi connectivity index (χ1v) is 9.36. The molecule has 0 aliphatic rings. The Hall–Kier alpha value is -2.15. The third kappa shape index (κ3) is 4.41. The number of para-hydroxylation sites is 1. The Morgan fingerprint density at radius 2 is 2.00 bits per heavy atom. The van der Waals surface area contributed by atoms with Crippen LogP contribution in [0.4, 0.5) is 5.69 Å². The molecule has 1 heterocycles. The van der Waals surface area contributed by atoms with Crippen LogP contribution in [0.2, 0.25) is 0 Å². The molecule has 0 saturated heterocycles. The van der Waals surface area contributed by atoms with Crippen molar-refractivity contribution in [1.29, 1.82) is 0 Å². The van der Waals surface area contributed by atoms with Gasteiger partial charge in [0.05, 0.1) is 24.0 Å². The van der Waals surface area contributed by atoms with E-state index in [9.17, 15) is 13.2 Å². The van der Waals surface area contributed by atoms with Crippen LogP contribution in [0.15, 0.2) is 36.5 Å². The maximum absolute atomic E-state index is 12.2. The van der Waals surface area contributed by atoms with Gasteiger partial charge in [-0.25, -0.2) is 8.42 Å². The van der Waals surface area contributed by atoms with E-state index in [2.05, 4.69) is 10.3 Å². The summed E-state index contributed by atoms with van der Waals surface area (Å²) in [6, 6.07) is 9.10. The minimum absolute atomic E-state index is 0.0722. The number of carbonyl (C=O) groups is 1. The molecule has 0 saturated carbocycles. The fourth-order valence-corrected chi connectivity index (χ4v) is 3.29. The van der Waals surface area contributed by atoms with E-state index in [-0.39, 0.29) is 19.0 Å². The summed E-state index contributed by atoms with van der Waals surface area (Å²) in [7, 11) is -3.48. The van der Waals surface area contributed by atoms with Crippen LogP contribution >= 0.6 is 0 Å². The van der Waals surface area contributed by atoms with Crippen LogP contribution in [-0.2, 0) is 14.8 Å². The monoisotopic (exact) mass is 335 g/mol. The molecule has 0 atom stereocenters. The van der Waals surface area contributed by atoms with Gasteiger partial charge in [0.15, 0.2) is 0 Å². The van der Waals surface area contributed by atoms with Crippen LogP contribution < -0.4 is 9.62 Å². The minimum Gasteiger partial charge on any atom is -0.354 e. The van der Waals surface area contributed by atoms with Gasteiger partial charge in [-0.2, -0.15) is 0 Å². The topological polar surface area (TPSA) is 79.4 Å². The molecule has 1 aromatic carbocycles. The van der Waals surface area contributed by atoms with Gasteiger partial charge >= 0.3 is 0 Å². The molecule has 7 heteroatoms. The average molecular weight is 335 g/mol. The summed E-state index contributed by atoms with van der Waals surface area (Å²) in [6.07, 6.45) is 3.99. The van der Waals surface area contributed by atoms with Crippen molar-refractivity contribution in [2.24, 2.45) is 0 Å². The molecule has 2 aromatic rings. The van der Waals surface area contributed by atoms with Crippen LogP contribution in [0, 0.1) is 0 Å². The molecular weight excluding hydrogens is 314 g/mol. The van der Waals surface area contributed by atoms with Gasteiger partial charge in [-0.1, -0.05) is 25.1 Å². The molecule has 1 aromatic heterocycles. The van der Waals surface area contributed by atoms with E-state index in [0.717, 1.165) is 18.1 Å². The number of fused-ring (bicyclic) bond motifs is 1. The zero-order chi connectivity index (χ0) is 16.9. The van der Waals surface area contributed by atoms with Gasteiger partial charge < -0.3 is 5.32 Å². The highest BCUT2D eigenvalue weighted by Gasteiger charge is 2.20. The fourth-order valence-electron chi connectivity index (χ4n) is 2.37. The second-order valence-electron chi connectivity index (χ2n) is 5.29. The van der Waals surface area contributed by atoms with Crippen molar-refractivity contribution in [1.82, 2.24) is 10.3 Å². The highest BCUT2D eigenvalue weighted by atomic mass is 32.2. The van der Waals surface area contributed by atoms with Crippen molar-refractivity contribution in [2.45, 2.75) is 19.8 Å². The van der Waals surface area contributed by atoms with Crippen molar-refractivity contribution in [3.05, 3.63) is 36.5 Å². The Balaban J connectivity index is 2.27. The average Bonchev–Trinajstić information content (AvgIpc) is 2.50. The summed E-state index contributed by atoms with van der Waals surface area (Å²) in [6.45, 7) is 2.35. The highest BCUT2D eigenvalue weighted by molar-refractivity contribution is 7.92. The van der Waals surface area contributed by atoms with Gasteiger partial charge in [-0.3, -0.25) is 14.1 Å². The van der Waals surface area contributed by atoms with Gasteiger partial charge in [0.1, 0.15) is 0 Å². The summed E-state index contributed by atoms with van der Waals surface area (Å²) in [5.74, 6) is -0.0722. The number of nitrogens with zero attached hydrogens (tertiary/aromatic N) is 2. The molecule has 0 fully saturated rings. The number of pyridine rings is 1. The Morgan fingerprint density at radius 3 is 2.70 bits per heavy atom. The quantitative estimate of drug-likeness (QED) is 0.838. The SMILES string of the molecule is CCCC(=O)NCCN(c1cccc2cccnc12)S(C)(=O)=O. The molecule has 0 aliphatic carbocycles. The number of amides is 1. The largest absolute Gasteiger partial charge is 0.354 e. The number of sulfonamides is 1. The number of nitrogens with one attached hydrogen (secondary N) is 1. The van der Waals surface area contributed by atoms with E-state index in [1.54, 1.807) is 18.3 Å². The second kappa shape index (κ2) is 7.41. The number of hydrogen-bond donors (Lipinski definition) is 1. The summed E-state index contributed by atoms with van der Waals surface area (Å²) in [5.41, 5.74) is 1.15.